The second-order valence-electron chi connectivity index (χ2n) is 2.66. The Balaban J connectivity index is 0.000000255. The van der Waals surface area contributed by atoms with Gasteiger partial charge in [0.05, 0.1) is 0 Å². The van der Waals surface area contributed by atoms with Crippen LogP contribution < -0.4 is 0 Å². The molecule has 0 saturated heterocycles. The predicted octanol–water partition coefficient (Wildman–Crippen LogP) is 3.34. The Morgan fingerprint density at radius 2 is 1.43 bits per heavy atom. The smallest absolute Gasteiger partial charge is 0.158 e. The van der Waals surface area contributed by atoms with Crippen molar-refractivity contribution >= 4 is 5.78 Å². The third-order valence-electron chi connectivity index (χ3n) is 1.61. The van der Waals surface area contributed by atoms with Crippen LogP contribution in [0.4, 0.5) is 8.78 Å². The Hall–Kier alpha value is -1.25. The molecule has 0 amide bonds. The number of carbonyl (C=O) groups is 1. The largest absolute Gasteiger partial charge is 0.300 e. The molecule has 0 atom stereocenters. The van der Waals surface area contributed by atoms with Crippen molar-refractivity contribution < 1.29 is 13.6 Å². The first-order valence-corrected chi connectivity index (χ1v) is 4.53. The minimum Gasteiger partial charge on any atom is -0.300 e. The highest BCUT2D eigenvalue weighted by Gasteiger charge is 1.93. The first kappa shape index (κ1) is 12.8. The number of ketones is 1. The van der Waals surface area contributed by atoms with Crippen LogP contribution in [0.15, 0.2) is 24.3 Å². The van der Waals surface area contributed by atoms with Gasteiger partial charge in [0, 0.05) is 12.8 Å². The number of rotatable bonds is 2. The molecule has 1 aromatic carbocycles. The summed E-state index contributed by atoms with van der Waals surface area (Å²) in [5, 5.41) is 0. The van der Waals surface area contributed by atoms with Gasteiger partial charge in [-0.1, -0.05) is 26.0 Å². The van der Waals surface area contributed by atoms with Crippen LogP contribution in [0.2, 0.25) is 0 Å². The fourth-order valence-corrected chi connectivity index (χ4v) is 0.689. The molecule has 0 radical (unpaired) electrons. The molecular weight excluding hydrogens is 186 g/mol. The van der Waals surface area contributed by atoms with Gasteiger partial charge in [0.2, 0.25) is 0 Å². The Labute approximate surface area is 82.8 Å². The molecular formula is C11H14F2O. The van der Waals surface area contributed by atoms with E-state index < -0.39 is 11.6 Å². The molecule has 0 bridgehead atoms. The predicted molar refractivity (Wildman–Crippen MR) is 51.9 cm³/mol. The number of Topliss-reactive ketones (excluding diaryl/α,β-unsaturated/α-hetero) is 1. The highest BCUT2D eigenvalue weighted by molar-refractivity contribution is 5.77. The molecule has 0 aliphatic heterocycles. The van der Waals surface area contributed by atoms with Crippen LogP contribution in [0.3, 0.4) is 0 Å². The van der Waals surface area contributed by atoms with Crippen LogP contribution in [-0.2, 0) is 4.79 Å². The summed E-state index contributed by atoms with van der Waals surface area (Å²) in [7, 11) is 0. The van der Waals surface area contributed by atoms with E-state index in [1.54, 1.807) is 0 Å². The number of carbonyl (C=O) groups excluding carboxylic acids is 1. The van der Waals surface area contributed by atoms with Crippen LogP contribution in [0, 0.1) is 11.6 Å². The molecule has 14 heavy (non-hydrogen) atoms. The Morgan fingerprint density at radius 1 is 1.07 bits per heavy atom. The topological polar surface area (TPSA) is 17.1 Å². The average Bonchev–Trinajstić information content (AvgIpc) is 2.22. The summed E-state index contributed by atoms with van der Waals surface area (Å²) in [6, 6.07) is 5.04. The highest BCUT2D eigenvalue weighted by Crippen LogP contribution is 2.01. The summed E-state index contributed by atoms with van der Waals surface area (Å²) < 4.78 is 23.9. The van der Waals surface area contributed by atoms with E-state index in [1.165, 1.54) is 12.1 Å². The Kier molecular flexibility index (Phi) is 6.54. The molecule has 1 nitrogen and oxygen atoms in total. The minimum absolute atomic E-state index is 0.343. The van der Waals surface area contributed by atoms with E-state index in [9.17, 15) is 13.6 Å². The monoisotopic (exact) mass is 200 g/mol. The third kappa shape index (κ3) is 5.41. The maximum absolute atomic E-state index is 11.9. The number of hydrogen-bond donors (Lipinski definition) is 0. The fraction of sp³-hybridized carbons (Fsp3) is 0.364. The van der Waals surface area contributed by atoms with Gasteiger partial charge in [-0.05, 0) is 12.1 Å². The van der Waals surface area contributed by atoms with E-state index in [4.69, 9.17) is 0 Å². The third-order valence-corrected chi connectivity index (χ3v) is 1.61. The molecule has 1 rings (SSSR count). The van der Waals surface area contributed by atoms with Crippen LogP contribution >= 0.6 is 0 Å². The molecule has 0 spiro atoms. The van der Waals surface area contributed by atoms with Gasteiger partial charge in [0.25, 0.3) is 0 Å². The van der Waals surface area contributed by atoms with Gasteiger partial charge in [-0.25, -0.2) is 8.78 Å². The van der Waals surface area contributed by atoms with Crippen LogP contribution in [-0.4, -0.2) is 5.78 Å². The summed E-state index contributed by atoms with van der Waals surface area (Å²) in [5.74, 6) is -1.25. The van der Waals surface area contributed by atoms with Crippen molar-refractivity contribution in [1.82, 2.24) is 0 Å². The number of benzene rings is 1. The second-order valence-corrected chi connectivity index (χ2v) is 2.66. The van der Waals surface area contributed by atoms with Crippen molar-refractivity contribution in [3.05, 3.63) is 35.9 Å². The van der Waals surface area contributed by atoms with Gasteiger partial charge in [-0.3, -0.25) is 4.79 Å². The molecule has 0 fully saturated rings. The van der Waals surface area contributed by atoms with Crippen molar-refractivity contribution in [2.45, 2.75) is 26.7 Å². The van der Waals surface area contributed by atoms with Gasteiger partial charge >= 0.3 is 0 Å². The molecule has 0 heterocycles. The molecule has 78 valence electrons. The van der Waals surface area contributed by atoms with Crippen molar-refractivity contribution in [3.63, 3.8) is 0 Å². The normalized spacial score (nSPS) is 8.86. The first-order chi connectivity index (χ1) is 6.61. The van der Waals surface area contributed by atoms with Crippen molar-refractivity contribution in [3.8, 4) is 0 Å². The molecule has 0 aromatic heterocycles. The highest BCUT2D eigenvalue weighted by atomic mass is 19.2. The van der Waals surface area contributed by atoms with E-state index in [0.717, 1.165) is 12.1 Å². The maximum Gasteiger partial charge on any atom is 0.158 e. The van der Waals surface area contributed by atoms with Gasteiger partial charge in [-0.15, -0.1) is 0 Å². The number of halogens is 2. The van der Waals surface area contributed by atoms with E-state index in [0.29, 0.717) is 18.6 Å². The quantitative estimate of drug-likeness (QED) is 0.715. The SMILES string of the molecule is CCC(=O)CC.Fc1ccccc1F. The fourth-order valence-electron chi connectivity index (χ4n) is 0.689. The lowest BCUT2D eigenvalue weighted by molar-refractivity contribution is -0.118. The zero-order valence-electron chi connectivity index (χ0n) is 8.39. The summed E-state index contributed by atoms with van der Waals surface area (Å²) in [5.41, 5.74) is 0. The van der Waals surface area contributed by atoms with Crippen molar-refractivity contribution in [2.75, 3.05) is 0 Å². The zero-order valence-corrected chi connectivity index (χ0v) is 8.39. The van der Waals surface area contributed by atoms with Crippen molar-refractivity contribution in [1.29, 1.82) is 0 Å². The molecule has 0 N–H and O–H groups in total. The van der Waals surface area contributed by atoms with E-state index >= 15 is 0 Å². The lowest BCUT2D eigenvalue weighted by Gasteiger charge is -1.85. The number of hydrogen-bond acceptors (Lipinski definition) is 1. The van der Waals surface area contributed by atoms with Crippen LogP contribution in [0.25, 0.3) is 0 Å². The molecule has 1 aromatic rings. The lowest BCUT2D eigenvalue weighted by Crippen LogP contribution is -1.88. The van der Waals surface area contributed by atoms with Crippen LogP contribution in [0.1, 0.15) is 26.7 Å². The minimum atomic E-state index is -0.799. The maximum atomic E-state index is 11.9. The van der Waals surface area contributed by atoms with Crippen LogP contribution in [0.5, 0.6) is 0 Å². The molecule has 0 aliphatic rings. The molecule has 0 aliphatic carbocycles. The van der Waals surface area contributed by atoms with Crippen molar-refractivity contribution in [2.24, 2.45) is 0 Å². The first-order valence-electron chi connectivity index (χ1n) is 4.53. The Bertz CT molecular complexity index is 257. The summed E-state index contributed by atoms with van der Waals surface area (Å²) in [6.07, 6.45) is 1.38. The summed E-state index contributed by atoms with van der Waals surface area (Å²) in [6.45, 7) is 3.76. The summed E-state index contributed by atoms with van der Waals surface area (Å²) in [4.78, 5) is 10.2. The van der Waals surface area contributed by atoms with E-state index in [1.807, 2.05) is 13.8 Å². The van der Waals surface area contributed by atoms with E-state index in [-0.39, 0.29) is 0 Å². The molecule has 0 unspecified atom stereocenters. The molecule has 0 saturated carbocycles. The van der Waals surface area contributed by atoms with E-state index in [2.05, 4.69) is 0 Å². The van der Waals surface area contributed by atoms with Gasteiger partial charge in [0.15, 0.2) is 11.6 Å². The van der Waals surface area contributed by atoms with Gasteiger partial charge in [-0.2, -0.15) is 0 Å². The lowest BCUT2D eigenvalue weighted by atomic mass is 10.3. The van der Waals surface area contributed by atoms with Gasteiger partial charge in [0.1, 0.15) is 5.78 Å². The second kappa shape index (κ2) is 7.18. The molecule has 3 heteroatoms. The summed E-state index contributed by atoms with van der Waals surface area (Å²) >= 11 is 0. The van der Waals surface area contributed by atoms with Gasteiger partial charge < -0.3 is 0 Å². The standard InChI is InChI=1S/C6H4F2.C5H10O/c7-5-3-1-2-4-6(5)8;1-3-5(6)4-2/h1-4H;3-4H2,1-2H3. The zero-order chi connectivity index (χ0) is 11.0. The average molecular weight is 200 g/mol. The Morgan fingerprint density at radius 3 is 1.57 bits per heavy atom.